The Kier molecular flexibility index (Phi) is 3.55. The van der Waals surface area contributed by atoms with Crippen molar-refractivity contribution in [2.75, 3.05) is 0 Å². The molecule has 1 aromatic heterocycles. The summed E-state index contributed by atoms with van der Waals surface area (Å²) in [4.78, 5) is 0. The summed E-state index contributed by atoms with van der Waals surface area (Å²) in [5.74, 6) is 0.902. The zero-order valence-electron chi connectivity index (χ0n) is 11.0. The Morgan fingerprint density at radius 2 is 2.00 bits per heavy atom. The lowest BCUT2D eigenvalue weighted by Gasteiger charge is -2.08. The molecule has 2 rings (SSSR count). The quantitative estimate of drug-likeness (QED) is 0.902. The second-order valence-electron chi connectivity index (χ2n) is 4.39. The van der Waals surface area contributed by atoms with Crippen molar-refractivity contribution in [3.8, 4) is 11.5 Å². The molecule has 18 heavy (non-hydrogen) atoms. The minimum atomic E-state index is 0.227. The predicted octanol–water partition coefficient (Wildman–Crippen LogP) is 2.80. The molecule has 0 atom stereocenters. The smallest absolute Gasteiger partial charge is 0.130 e. The van der Waals surface area contributed by atoms with E-state index >= 15 is 0 Å². The second kappa shape index (κ2) is 5.12. The number of nitrogens with zero attached hydrogens (tertiary/aromatic N) is 2. The first kappa shape index (κ1) is 12.5. The molecule has 1 heterocycles. The van der Waals surface area contributed by atoms with Crippen LogP contribution in [0.4, 0.5) is 0 Å². The number of aromatic nitrogens is 2. The highest BCUT2D eigenvalue weighted by molar-refractivity contribution is 5.36. The largest absolute Gasteiger partial charge is 0.508 e. The molecular weight excluding hydrogens is 228 g/mol. The topological polar surface area (TPSA) is 47.3 Å². The van der Waals surface area contributed by atoms with Crippen LogP contribution in [0.3, 0.4) is 0 Å². The number of hydrogen-bond acceptors (Lipinski definition) is 3. The SMILES string of the molecule is CCn1nc(C)cc1COc1cc(C)cc(O)c1. The van der Waals surface area contributed by atoms with Gasteiger partial charge < -0.3 is 9.84 Å². The van der Waals surface area contributed by atoms with E-state index in [2.05, 4.69) is 12.0 Å². The van der Waals surface area contributed by atoms with E-state index < -0.39 is 0 Å². The maximum absolute atomic E-state index is 9.50. The van der Waals surface area contributed by atoms with E-state index in [0.717, 1.165) is 23.5 Å². The first-order valence-electron chi connectivity index (χ1n) is 6.05. The molecule has 0 fully saturated rings. The summed E-state index contributed by atoms with van der Waals surface area (Å²) < 4.78 is 7.61. The van der Waals surface area contributed by atoms with Crippen molar-refractivity contribution in [2.45, 2.75) is 33.9 Å². The van der Waals surface area contributed by atoms with E-state index in [9.17, 15) is 5.11 Å². The molecule has 4 nitrogen and oxygen atoms in total. The van der Waals surface area contributed by atoms with Crippen LogP contribution in [0, 0.1) is 13.8 Å². The van der Waals surface area contributed by atoms with Gasteiger partial charge in [-0.1, -0.05) is 0 Å². The molecule has 0 saturated carbocycles. The van der Waals surface area contributed by atoms with Gasteiger partial charge in [0.15, 0.2) is 0 Å². The molecule has 0 amide bonds. The highest BCUT2D eigenvalue weighted by Gasteiger charge is 2.05. The molecule has 4 heteroatoms. The van der Waals surface area contributed by atoms with Gasteiger partial charge in [0, 0.05) is 12.6 Å². The van der Waals surface area contributed by atoms with Crippen molar-refractivity contribution in [1.82, 2.24) is 9.78 Å². The average Bonchev–Trinajstić information content (AvgIpc) is 2.66. The third kappa shape index (κ3) is 2.83. The van der Waals surface area contributed by atoms with Gasteiger partial charge in [-0.2, -0.15) is 5.10 Å². The highest BCUT2D eigenvalue weighted by Crippen LogP contribution is 2.22. The van der Waals surface area contributed by atoms with Crippen LogP contribution >= 0.6 is 0 Å². The van der Waals surface area contributed by atoms with E-state index in [1.807, 2.05) is 30.7 Å². The van der Waals surface area contributed by atoms with E-state index in [1.165, 1.54) is 0 Å². The van der Waals surface area contributed by atoms with Crippen molar-refractivity contribution in [1.29, 1.82) is 0 Å². The molecule has 0 saturated heterocycles. The first-order valence-corrected chi connectivity index (χ1v) is 6.05. The van der Waals surface area contributed by atoms with Gasteiger partial charge in [-0.25, -0.2) is 0 Å². The molecule has 0 aliphatic carbocycles. The Labute approximate surface area is 107 Å². The van der Waals surface area contributed by atoms with Gasteiger partial charge in [0.25, 0.3) is 0 Å². The Morgan fingerprint density at radius 3 is 2.67 bits per heavy atom. The van der Waals surface area contributed by atoms with Gasteiger partial charge in [-0.3, -0.25) is 4.68 Å². The zero-order valence-corrected chi connectivity index (χ0v) is 11.0. The number of hydrogen-bond donors (Lipinski definition) is 1. The molecule has 0 bridgehead atoms. The van der Waals surface area contributed by atoms with Crippen LogP contribution in [0.5, 0.6) is 11.5 Å². The second-order valence-corrected chi connectivity index (χ2v) is 4.39. The number of aromatic hydroxyl groups is 1. The molecule has 1 N–H and O–H groups in total. The minimum absolute atomic E-state index is 0.227. The summed E-state index contributed by atoms with van der Waals surface area (Å²) in [5, 5.41) is 13.9. The van der Waals surface area contributed by atoms with E-state index in [-0.39, 0.29) is 5.75 Å². The van der Waals surface area contributed by atoms with Crippen LogP contribution < -0.4 is 4.74 Å². The summed E-state index contributed by atoms with van der Waals surface area (Å²) >= 11 is 0. The fourth-order valence-electron chi connectivity index (χ4n) is 1.96. The Hall–Kier alpha value is -1.97. The Bertz CT molecular complexity index is 526. The predicted molar refractivity (Wildman–Crippen MR) is 69.8 cm³/mol. The average molecular weight is 246 g/mol. The number of rotatable bonds is 4. The summed E-state index contributed by atoms with van der Waals surface area (Å²) in [6.45, 7) is 7.22. The van der Waals surface area contributed by atoms with Crippen molar-refractivity contribution < 1.29 is 9.84 Å². The number of aryl methyl sites for hydroxylation is 3. The van der Waals surface area contributed by atoms with Crippen molar-refractivity contribution in [3.05, 3.63) is 41.2 Å². The summed E-state index contributed by atoms with van der Waals surface area (Å²) in [6.07, 6.45) is 0. The van der Waals surface area contributed by atoms with Gasteiger partial charge in [0.05, 0.1) is 11.4 Å². The zero-order chi connectivity index (χ0) is 13.1. The molecule has 0 aliphatic heterocycles. The van der Waals surface area contributed by atoms with Gasteiger partial charge in [0.2, 0.25) is 0 Å². The molecule has 0 spiro atoms. The van der Waals surface area contributed by atoms with Crippen LogP contribution in [-0.4, -0.2) is 14.9 Å². The van der Waals surface area contributed by atoms with Crippen LogP contribution in [0.1, 0.15) is 23.9 Å². The number of ether oxygens (including phenoxy) is 1. The number of phenolic OH excluding ortho intramolecular Hbond substituents is 1. The standard InChI is InChI=1S/C14H18N2O2/c1-4-16-12(7-11(3)15-16)9-18-14-6-10(2)5-13(17)8-14/h5-8,17H,4,9H2,1-3H3. The van der Waals surface area contributed by atoms with E-state index in [4.69, 9.17) is 4.74 Å². The monoisotopic (exact) mass is 246 g/mol. The Morgan fingerprint density at radius 1 is 1.22 bits per heavy atom. The van der Waals surface area contributed by atoms with Crippen molar-refractivity contribution in [2.24, 2.45) is 0 Å². The molecule has 0 aliphatic rings. The van der Waals surface area contributed by atoms with Crippen LogP contribution in [0.2, 0.25) is 0 Å². The maximum atomic E-state index is 9.50. The molecular formula is C14H18N2O2. The summed E-state index contributed by atoms with van der Waals surface area (Å²) in [7, 11) is 0. The van der Waals surface area contributed by atoms with Crippen LogP contribution in [-0.2, 0) is 13.2 Å². The summed E-state index contributed by atoms with van der Waals surface area (Å²) in [6, 6.07) is 7.23. The first-order chi connectivity index (χ1) is 8.58. The summed E-state index contributed by atoms with van der Waals surface area (Å²) in [5.41, 5.74) is 3.00. The van der Waals surface area contributed by atoms with E-state index in [0.29, 0.717) is 12.4 Å². The molecule has 1 aromatic carbocycles. The molecule has 0 unspecified atom stereocenters. The maximum Gasteiger partial charge on any atom is 0.130 e. The van der Waals surface area contributed by atoms with Crippen LogP contribution in [0.25, 0.3) is 0 Å². The third-order valence-corrected chi connectivity index (χ3v) is 2.71. The third-order valence-electron chi connectivity index (χ3n) is 2.71. The van der Waals surface area contributed by atoms with Crippen molar-refractivity contribution in [3.63, 3.8) is 0 Å². The normalized spacial score (nSPS) is 10.6. The highest BCUT2D eigenvalue weighted by atomic mass is 16.5. The number of benzene rings is 1. The lowest BCUT2D eigenvalue weighted by molar-refractivity contribution is 0.291. The van der Waals surface area contributed by atoms with Gasteiger partial charge in [0.1, 0.15) is 18.1 Å². The lowest BCUT2D eigenvalue weighted by Crippen LogP contribution is -2.06. The molecule has 2 aromatic rings. The van der Waals surface area contributed by atoms with Gasteiger partial charge in [-0.05, 0) is 44.5 Å². The molecule has 0 radical (unpaired) electrons. The molecule has 96 valence electrons. The van der Waals surface area contributed by atoms with Gasteiger partial charge in [-0.15, -0.1) is 0 Å². The van der Waals surface area contributed by atoms with Crippen LogP contribution in [0.15, 0.2) is 24.3 Å². The Balaban J connectivity index is 2.11. The van der Waals surface area contributed by atoms with Gasteiger partial charge >= 0.3 is 0 Å². The minimum Gasteiger partial charge on any atom is -0.508 e. The lowest BCUT2D eigenvalue weighted by atomic mass is 10.2. The van der Waals surface area contributed by atoms with E-state index in [1.54, 1.807) is 12.1 Å². The van der Waals surface area contributed by atoms with Crippen molar-refractivity contribution >= 4 is 0 Å². The fourth-order valence-corrected chi connectivity index (χ4v) is 1.96. The fraction of sp³-hybridized carbons (Fsp3) is 0.357. The number of phenols is 1.